The van der Waals surface area contributed by atoms with Gasteiger partial charge in [-0.2, -0.15) is 0 Å². The van der Waals surface area contributed by atoms with Crippen molar-refractivity contribution in [1.29, 1.82) is 0 Å². The van der Waals surface area contributed by atoms with Crippen LogP contribution in [0.4, 0.5) is 0 Å². The Kier molecular flexibility index (Phi) is 6.94. The van der Waals surface area contributed by atoms with Crippen LogP contribution in [0.3, 0.4) is 0 Å². The molecule has 0 radical (unpaired) electrons. The maximum absolute atomic E-state index is 13.3. The van der Waals surface area contributed by atoms with Crippen molar-refractivity contribution < 1.29 is 18.8 Å². The Balaban J connectivity index is 1.46. The zero-order chi connectivity index (χ0) is 22.7. The van der Waals surface area contributed by atoms with E-state index in [2.05, 4.69) is 29.5 Å². The number of rotatable bonds is 9. The van der Waals surface area contributed by atoms with Crippen molar-refractivity contribution in [2.75, 3.05) is 26.2 Å². The van der Waals surface area contributed by atoms with Gasteiger partial charge in [0.05, 0.1) is 6.10 Å². The van der Waals surface area contributed by atoms with Crippen molar-refractivity contribution in [1.82, 2.24) is 15.4 Å². The summed E-state index contributed by atoms with van der Waals surface area (Å²) in [6.45, 7) is 8.37. The van der Waals surface area contributed by atoms with E-state index in [0.29, 0.717) is 31.4 Å². The van der Waals surface area contributed by atoms with E-state index in [0.717, 1.165) is 36.1 Å². The van der Waals surface area contributed by atoms with E-state index in [1.807, 2.05) is 13.8 Å². The lowest BCUT2D eigenvalue weighted by molar-refractivity contribution is -0.121. The largest absolute Gasteiger partial charge is 0.376 e. The highest BCUT2D eigenvalue weighted by Gasteiger charge is 2.27. The summed E-state index contributed by atoms with van der Waals surface area (Å²) in [6.07, 6.45) is 4.57. The predicted molar refractivity (Wildman–Crippen MR) is 121 cm³/mol. The Hall–Kier alpha value is -2.67. The van der Waals surface area contributed by atoms with Crippen LogP contribution in [0.15, 0.2) is 22.7 Å². The fraction of sp³-hybridized carbons (Fsp3) is 0.560. The van der Waals surface area contributed by atoms with E-state index in [4.69, 9.17) is 9.26 Å². The van der Waals surface area contributed by atoms with Gasteiger partial charge in [-0.05, 0) is 63.5 Å². The van der Waals surface area contributed by atoms with Gasteiger partial charge in [0.15, 0.2) is 11.5 Å². The lowest BCUT2D eigenvalue weighted by Gasteiger charge is -2.24. The molecule has 1 aliphatic heterocycles. The molecule has 0 spiro atoms. The Morgan fingerprint density at radius 1 is 1.12 bits per heavy atom. The summed E-state index contributed by atoms with van der Waals surface area (Å²) in [4.78, 5) is 27.2. The standard InChI is InChI=1S/C25H33N3O4/c1-16-11-17(2)24(18(3)12-16)22-13-21(27-32-22)25(30)28(15-20-5-4-10-31-20)9-8-23(29)26-14-19-6-7-19/h11-13,19-20H,4-10,14-15H2,1-3H3,(H,26,29)/t20-/m0/s1. The second-order valence-electron chi connectivity index (χ2n) is 9.23. The van der Waals surface area contributed by atoms with Crippen molar-refractivity contribution in [3.63, 3.8) is 0 Å². The van der Waals surface area contributed by atoms with Crippen LogP contribution in [0, 0.1) is 26.7 Å². The second kappa shape index (κ2) is 9.86. The summed E-state index contributed by atoms with van der Waals surface area (Å²) in [5.74, 6) is 0.968. The average molecular weight is 440 g/mol. The summed E-state index contributed by atoms with van der Waals surface area (Å²) in [5, 5.41) is 7.05. The van der Waals surface area contributed by atoms with Gasteiger partial charge in [0.25, 0.3) is 5.91 Å². The number of hydrogen-bond acceptors (Lipinski definition) is 5. The number of ether oxygens (including phenoxy) is 1. The fourth-order valence-corrected chi connectivity index (χ4v) is 4.44. The van der Waals surface area contributed by atoms with Gasteiger partial charge >= 0.3 is 0 Å². The Morgan fingerprint density at radius 3 is 2.53 bits per heavy atom. The van der Waals surface area contributed by atoms with E-state index in [-0.39, 0.29) is 30.0 Å². The topological polar surface area (TPSA) is 84.7 Å². The molecule has 4 rings (SSSR count). The van der Waals surface area contributed by atoms with E-state index in [1.54, 1.807) is 11.0 Å². The highest BCUT2D eigenvalue weighted by Crippen LogP contribution is 2.29. The summed E-state index contributed by atoms with van der Waals surface area (Å²) in [6, 6.07) is 5.90. The maximum atomic E-state index is 13.3. The van der Waals surface area contributed by atoms with Crippen LogP contribution in [0.1, 0.15) is 59.3 Å². The molecule has 1 aliphatic carbocycles. The first-order valence-electron chi connectivity index (χ1n) is 11.6. The van der Waals surface area contributed by atoms with Crippen LogP contribution < -0.4 is 5.32 Å². The summed E-state index contributed by atoms with van der Waals surface area (Å²) < 4.78 is 11.3. The molecule has 1 saturated heterocycles. The van der Waals surface area contributed by atoms with Crippen molar-refractivity contribution in [2.24, 2.45) is 5.92 Å². The maximum Gasteiger partial charge on any atom is 0.276 e. The molecule has 32 heavy (non-hydrogen) atoms. The van der Waals surface area contributed by atoms with Gasteiger partial charge < -0.3 is 19.5 Å². The van der Waals surface area contributed by atoms with Crippen LogP contribution in [0.25, 0.3) is 11.3 Å². The molecule has 0 unspecified atom stereocenters. The fourth-order valence-electron chi connectivity index (χ4n) is 4.44. The molecule has 1 N–H and O–H groups in total. The number of hydrogen-bond donors (Lipinski definition) is 1. The van der Waals surface area contributed by atoms with Crippen LogP contribution in [0.2, 0.25) is 0 Å². The lowest BCUT2D eigenvalue weighted by Crippen LogP contribution is -2.40. The lowest BCUT2D eigenvalue weighted by atomic mass is 9.98. The summed E-state index contributed by atoms with van der Waals surface area (Å²) in [7, 11) is 0. The smallest absolute Gasteiger partial charge is 0.276 e. The molecule has 7 heteroatoms. The van der Waals surface area contributed by atoms with Crippen LogP contribution in [0.5, 0.6) is 0 Å². The SMILES string of the molecule is Cc1cc(C)c(-c2cc(C(=O)N(CCC(=O)NCC3CC3)C[C@@H]3CCCO3)no2)c(C)c1. The number of benzene rings is 1. The third-order valence-corrected chi connectivity index (χ3v) is 6.28. The number of nitrogens with one attached hydrogen (secondary N) is 1. The number of carbonyl (C=O) groups excluding carboxylic acids is 2. The molecule has 2 fully saturated rings. The van der Waals surface area contributed by atoms with Crippen molar-refractivity contribution >= 4 is 11.8 Å². The van der Waals surface area contributed by atoms with Crippen LogP contribution >= 0.6 is 0 Å². The highest BCUT2D eigenvalue weighted by molar-refractivity contribution is 5.93. The first-order chi connectivity index (χ1) is 15.4. The zero-order valence-corrected chi connectivity index (χ0v) is 19.3. The van der Waals surface area contributed by atoms with Crippen molar-refractivity contribution in [2.45, 2.75) is 59.0 Å². The quantitative estimate of drug-likeness (QED) is 0.642. The molecule has 1 aromatic heterocycles. The van der Waals surface area contributed by atoms with Crippen molar-refractivity contribution in [3.05, 3.63) is 40.6 Å². The normalized spacial score (nSPS) is 18.0. The molecule has 0 bridgehead atoms. The minimum atomic E-state index is -0.229. The van der Waals surface area contributed by atoms with Crippen molar-refractivity contribution in [3.8, 4) is 11.3 Å². The van der Waals surface area contributed by atoms with E-state index >= 15 is 0 Å². The van der Waals surface area contributed by atoms with Crippen LogP contribution in [-0.2, 0) is 9.53 Å². The van der Waals surface area contributed by atoms with Gasteiger partial charge in [-0.1, -0.05) is 22.9 Å². The molecule has 1 atom stereocenters. The number of aromatic nitrogens is 1. The number of aryl methyl sites for hydroxylation is 3. The minimum Gasteiger partial charge on any atom is -0.376 e. The number of carbonyl (C=O) groups is 2. The zero-order valence-electron chi connectivity index (χ0n) is 19.3. The molecule has 2 amide bonds. The Labute approximate surface area is 189 Å². The number of amides is 2. The molecule has 2 heterocycles. The van der Waals surface area contributed by atoms with Gasteiger partial charge in [-0.25, -0.2) is 0 Å². The van der Waals surface area contributed by atoms with Gasteiger partial charge in [0, 0.05) is 44.3 Å². The van der Waals surface area contributed by atoms with Gasteiger partial charge in [-0.15, -0.1) is 0 Å². The minimum absolute atomic E-state index is 0.00133. The molecule has 2 aromatic rings. The molecular weight excluding hydrogens is 406 g/mol. The average Bonchev–Trinajstić information content (AvgIpc) is 3.20. The third-order valence-electron chi connectivity index (χ3n) is 6.28. The first-order valence-corrected chi connectivity index (χ1v) is 11.6. The predicted octanol–water partition coefficient (Wildman–Crippen LogP) is 3.80. The van der Waals surface area contributed by atoms with Gasteiger partial charge in [-0.3, -0.25) is 9.59 Å². The monoisotopic (exact) mass is 439 g/mol. The van der Waals surface area contributed by atoms with Gasteiger partial charge in [0.1, 0.15) is 0 Å². The van der Waals surface area contributed by atoms with Gasteiger partial charge in [0.2, 0.25) is 5.91 Å². The summed E-state index contributed by atoms with van der Waals surface area (Å²) in [5.41, 5.74) is 4.58. The molecule has 1 aromatic carbocycles. The summed E-state index contributed by atoms with van der Waals surface area (Å²) >= 11 is 0. The number of nitrogens with zero attached hydrogens (tertiary/aromatic N) is 2. The van der Waals surface area contributed by atoms with E-state index in [1.165, 1.54) is 18.4 Å². The molecule has 7 nitrogen and oxygen atoms in total. The van der Waals surface area contributed by atoms with E-state index in [9.17, 15) is 9.59 Å². The second-order valence-corrected chi connectivity index (χ2v) is 9.23. The molecule has 1 saturated carbocycles. The molecule has 2 aliphatic rings. The van der Waals surface area contributed by atoms with Crippen LogP contribution in [-0.4, -0.2) is 54.2 Å². The Bertz CT molecular complexity index is 950. The van der Waals surface area contributed by atoms with E-state index < -0.39 is 0 Å². The first kappa shape index (κ1) is 22.5. The molecular formula is C25H33N3O4. The Morgan fingerprint density at radius 2 is 1.88 bits per heavy atom. The highest BCUT2D eigenvalue weighted by atomic mass is 16.5. The third kappa shape index (κ3) is 5.57. The molecule has 172 valence electrons.